The zero-order chi connectivity index (χ0) is 32.2. The van der Waals surface area contributed by atoms with Crippen molar-refractivity contribution in [3.63, 3.8) is 0 Å². The normalized spacial score (nSPS) is 19.0. The van der Waals surface area contributed by atoms with Gasteiger partial charge in [0.25, 0.3) is 11.8 Å². The molecule has 2 aliphatic carbocycles. The molecule has 3 aromatic rings. The van der Waals surface area contributed by atoms with Gasteiger partial charge in [0, 0.05) is 73.8 Å². The Labute approximate surface area is 270 Å². The molecule has 4 aliphatic rings. The standard InChI is InChI=1S/C35H41N5O5S/c1-37(2)46(44,45)36-33(41)26-14-15-29-30(21-26)40-22-27(35(43)39-18-16-38(17-19-39)34(42)24-12-13-24)20-25-10-6-7-11-28(25)32(40)31(29)23-8-4-3-5-9-23/h6-7,10-11,14-15,20-21,23-24H,3-5,8-9,12-13,16-19,22H2,1-2H3,(H,36,41). The number of amides is 3. The number of nitrogens with one attached hydrogen (secondary N) is 1. The summed E-state index contributed by atoms with van der Waals surface area (Å²) in [7, 11) is -1.23. The molecule has 3 fully saturated rings. The van der Waals surface area contributed by atoms with Crippen LogP contribution in [0.2, 0.25) is 0 Å². The van der Waals surface area contributed by atoms with Crippen LogP contribution in [-0.4, -0.2) is 85.1 Å². The van der Waals surface area contributed by atoms with E-state index in [0.29, 0.717) is 44.2 Å². The molecule has 0 spiro atoms. The van der Waals surface area contributed by atoms with Gasteiger partial charge in [-0.1, -0.05) is 49.6 Å². The molecule has 0 unspecified atom stereocenters. The highest BCUT2D eigenvalue weighted by molar-refractivity contribution is 7.87. The quantitative estimate of drug-likeness (QED) is 0.429. The van der Waals surface area contributed by atoms with Crippen LogP contribution in [-0.2, 0) is 26.3 Å². The van der Waals surface area contributed by atoms with Crippen LogP contribution in [0.5, 0.6) is 0 Å². The number of aromatic nitrogens is 1. The largest absolute Gasteiger partial charge is 0.339 e. The van der Waals surface area contributed by atoms with Crippen LogP contribution in [0.3, 0.4) is 0 Å². The fourth-order valence-electron chi connectivity index (χ4n) is 7.34. The summed E-state index contributed by atoms with van der Waals surface area (Å²) in [6, 6.07) is 13.6. The number of fused-ring (bicyclic) bond motifs is 5. The molecule has 0 atom stereocenters. The minimum Gasteiger partial charge on any atom is -0.339 e. The van der Waals surface area contributed by atoms with E-state index < -0.39 is 16.1 Å². The molecule has 2 aliphatic heterocycles. The zero-order valence-corrected chi connectivity index (χ0v) is 27.3. The van der Waals surface area contributed by atoms with E-state index in [2.05, 4.69) is 21.4 Å². The Morgan fingerprint density at radius 2 is 1.57 bits per heavy atom. The van der Waals surface area contributed by atoms with Gasteiger partial charge < -0.3 is 14.4 Å². The van der Waals surface area contributed by atoms with Crippen molar-refractivity contribution in [2.24, 2.45) is 5.92 Å². The van der Waals surface area contributed by atoms with E-state index in [1.165, 1.54) is 26.1 Å². The van der Waals surface area contributed by atoms with E-state index in [1.54, 1.807) is 12.1 Å². The van der Waals surface area contributed by atoms with Crippen molar-refractivity contribution >= 4 is 44.9 Å². The number of hydrogen-bond donors (Lipinski definition) is 1. The number of rotatable bonds is 6. The molecular weight excluding hydrogens is 602 g/mol. The summed E-state index contributed by atoms with van der Waals surface area (Å²) in [4.78, 5) is 43.8. The van der Waals surface area contributed by atoms with Crippen molar-refractivity contribution in [2.75, 3.05) is 40.3 Å². The molecule has 1 N–H and O–H groups in total. The van der Waals surface area contributed by atoms with Gasteiger partial charge in [-0.2, -0.15) is 12.7 Å². The van der Waals surface area contributed by atoms with Crippen molar-refractivity contribution in [1.29, 1.82) is 0 Å². The maximum Gasteiger partial charge on any atom is 0.303 e. The molecule has 1 saturated heterocycles. The lowest BCUT2D eigenvalue weighted by Gasteiger charge is -2.35. The number of piperazine rings is 1. The number of nitrogens with zero attached hydrogens (tertiary/aromatic N) is 4. The van der Waals surface area contributed by atoms with Gasteiger partial charge >= 0.3 is 10.2 Å². The van der Waals surface area contributed by atoms with E-state index in [9.17, 15) is 22.8 Å². The Kier molecular flexibility index (Phi) is 8.01. The van der Waals surface area contributed by atoms with Crippen LogP contribution < -0.4 is 4.72 Å². The fraction of sp³-hybridized carbons (Fsp3) is 0.457. The Hall–Kier alpha value is -3.96. The van der Waals surface area contributed by atoms with Crippen LogP contribution >= 0.6 is 0 Å². The maximum atomic E-state index is 14.2. The molecule has 7 rings (SSSR count). The molecule has 242 valence electrons. The summed E-state index contributed by atoms with van der Waals surface area (Å²) in [5.41, 5.74) is 6.01. The van der Waals surface area contributed by atoms with E-state index >= 15 is 0 Å². The van der Waals surface area contributed by atoms with Crippen LogP contribution in [0.1, 0.15) is 72.3 Å². The molecule has 0 radical (unpaired) electrons. The van der Waals surface area contributed by atoms with E-state index in [-0.39, 0.29) is 23.3 Å². The van der Waals surface area contributed by atoms with Crippen molar-refractivity contribution in [3.8, 4) is 11.3 Å². The molecule has 2 aromatic carbocycles. The highest BCUT2D eigenvalue weighted by Crippen LogP contribution is 2.46. The third-order valence-corrected chi connectivity index (χ3v) is 11.4. The predicted octanol–water partition coefficient (Wildman–Crippen LogP) is 4.37. The van der Waals surface area contributed by atoms with Gasteiger partial charge in [0.2, 0.25) is 5.91 Å². The van der Waals surface area contributed by atoms with E-state index in [0.717, 1.165) is 70.6 Å². The summed E-state index contributed by atoms with van der Waals surface area (Å²) in [6.45, 7) is 2.39. The zero-order valence-electron chi connectivity index (χ0n) is 26.5. The highest BCUT2D eigenvalue weighted by Gasteiger charge is 2.36. The van der Waals surface area contributed by atoms with Crippen molar-refractivity contribution in [3.05, 3.63) is 64.7 Å². The average Bonchev–Trinajstić information content (AvgIpc) is 3.88. The molecule has 1 aromatic heterocycles. The van der Waals surface area contributed by atoms with Gasteiger partial charge in [-0.05, 0) is 60.9 Å². The summed E-state index contributed by atoms with van der Waals surface area (Å²) in [5.74, 6) is -0.0366. The monoisotopic (exact) mass is 643 g/mol. The van der Waals surface area contributed by atoms with Crippen LogP contribution in [0.4, 0.5) is 0 Å². The first-order valence-electron chi connectivity index (χ1n) is 16.4. The number of benzene rings is 2. The van der Waals surface area contributed by atoms with Gasteiger partial charge in [0.1, 0.15) is 0 Å². The summed E-state index contributed by atoms with van der Waals surface area (Å²) in [6.07, 6.45) is 9.59. The van der Waals surface area contributed by atoms with E-state index in [4.69, 9.17) is 0 Å². The van der Waals surface area contributed by atoms with Crippen LogP contribution in [0.25, 0.3) is 28.2 Å². The highest BCUT2D eigenvalue weighted by atomic mass is 32.2. The van der Waals surface area contributed by atoms with Gasteiger partial charge in [-0.3, -0.25) is 14.4 Å². The lowest BCUT2D eigenvalue weighted by atomic mass is 9.81. The third-order valence-electron chi connectivity index (χ3n) is 10.0. The van der Waals surface area contributed by atoms with Crippen LogP contribution in [0.15, 0.2) is 48.0 Å². The smallest absolute Gasteiger partial charge is 0.303 e. The van der Waals surface area contributed by atoms with Crippen molar-refractivity contribution in [1.82, 2.24) is 23.4 Å². The topological polar surface area (TPSA) is 112 Å². The van der Waals surface area contributed by atoms with Crippen LogP contribution in [0, 0.1) is 5.92 Å². The fourth-order valence-corrected chi connectivity index (χ4v) is 7.87. The third kappa shape index (κ3) is 5.64. The average molecular weight is 644 g/mol. The molecule has 11 heteroatoms. The first kappa shape index (κ1) is 30.7. The SMILES string of the molecule is CN(C)S(=O)(=O)NC(=O)c1ccc2c(C3CCCCC3)c3n(c2c1)CC(C(=O)N1CCN(C(=O)C2CC2)CC1)=Cc1ccccc1-3. The Morgan fingerprint density at radius 1 is 0.870 bits per heavy atom. The molecule has 10 nitrogen and oxygen atoms in total. The molecule has 2 saturated carbocycles. The second-order valence-corrected chi connectivity index (χ2v) is 15.2. The second-order valence-electron chi connectivity index (χ2n) is 13.3. The second kappa shape index (κ2) is 12.0. The lowest BCUT2D eigenvalue weighted by molar-refractivity contribution is -0.138. The number of carbonyl (C=O) groups excluding carboxylic acids is 3. The van der Waals surface area contributed by atoms with Gasteiger partial charge in [-0.25, -0.2) is 4.72 Å². The Balaban J connectivity index is 1.30. The Bertz CT molecular complexity index is 1860. The van der Waals surface area contributed by atoms with Crippen molar-refractivity contribution < 1.29 is 22.8 Å². The summed E-state index contributed by atoms with van der Waals surface area (Å²) < 4.78 is 30.3. The minimum atomic E-state index is -3.97. The van der Waals surface area contributed by atoms with E-state index in [1.807, 2.05) is 34.1 Å². The Morgan fingerprint density at radius 3 is 2.26 bits per heavy atom. The molecule has 0 bridgehead atoms. The molecule has 3 heterocycles. The summed E-state index contributed by atoms with van der Waals surface area (Å²) >= 11 is 0. The summed E-state index contributed by atoms with van der Waals surface area (Å²) in [5, 5.41) is 1.03. The molecule has 3 amide bonds. The van der Waals surface area contributed by atoms with Gasteiger partial charge in [0.05, 0.1) is 12.2 Å². The maximum absolute atomic E-state index is 14.2. The minimum absolute atomic E-state index is 0.0479. The predicted molar refractivity (Wildman–Crippen MR) is 177 cm³/mol. The van der Waals surface area contributed by atoms with Gasteiger partial charge in [0.15, 0.2) is 0 Å². The number of carbonyl (C=O) groups is 3. The molecule has 46 heavy (non-hydrogen) atoms. The van der Waals surface area contributed by atoms with Crippen molar-refractivity contribution in [2.45, 2.75) is 57.4 Å². The first-order valence-corrected chi connectivity index (χ1v) is 17.8. The first-order chi connectivity index (χ1) is 22.1. The lowest BCUT2D eigenvalue weighted by Crippen LogP contribution is -2.51. The number of hydrogen-bond acceptors (Lipinski definition) is 5. The van der Waals surface area contributed by atoms with Gasteiger partial charge in [-0.15, -0.1) is 0 Å². The molecular formula is C35H41N5O5S.